The molecule has 3 fully saturated rings. The van der Waals surface area contributed by atoms with Gasteiger partial charge >= 0.3 is 18.0 Å². The van der Waals surface area contributed by atoms with Crippen molar-refractivity contribution in [3.8, 4) is 0 Å². The molecule has 274 valence electrons. The third kappa shape index (κ3) is 8.90. The summed E-state index contributed by atoms with van der Waals surface area (Å²) in [5.74, 6) is -5.42. The van der Waals surface area contributed by atoms with Gasteiger partial charge in [0.25, 0.3) is 0 Å². The maximum atomic E-state index is 14.2. The number of carbonyl (C=O) groups is 4. The van der Waals surface area contributed by atoms with Gasteiger partial charge in [0, 0.05) is 37.1 Å². The van der Waals surface area contributed by atoms with Crippen LogP contribution in [0.1, 0.15) is 88.0 Å². The van der Waals surface area contributed by atoms with E-state index in [4.69, 9.17) is 34.3 Å². The number of alkyl carbamates (subject to hydrolysis) is 1. The highest BCUT2D eigenvalue weighted by Crippen LogP contribution is 2.41. The van der Waals surface area contributed by atoms with Gasteiger partial charge in [0.1, 0.15) is 12.0 Å². The first-order valence-corrected chi connectivity index (χ1v) is 16.8. The summed E-state index contributed by atoms with van der Waals surface area (Å²) < 4.78 is 30.6. The number of amides is 1. The van der Waals surface area contributed by atoms with Crippen LogP contribution < -0.4 is 11.1 Å². The number of Topliss-reactive ketones (excluding diaryl/α,β-unsaturated/α-hetero) is 1. The lowest BCUT2D eigenvalue weighted by Gasteiger charge is -2.46. The van der Waals surface area contributed by atoms with Crippen LogP contribution in [0.2, 0.25) is 0 Å². The van der Waals surface area contributed by atoms with Crippen molar-refractivity contribution < 1.29 is 52.8 Å². The van der Waals surface area contributed by atoms with Crippen LogP contribution in [0.4, 0.5) is 4.79 Å². The quantitative estimate of drug-likeness (QED) is 0.116. The van der Waals surface area contributed by atoms with Gasteiger partial charge in [-0.15, -0.1) is 0 Å². The van der Waals surface area contributed by atoms with Crippen LogP contribution in [-0.4, -0.2) is 108 Å². The molecule has 3 saturated heterocycles. The monoisotopic (exact) mass is 684 g/mol. The molecule has 13 atom stereocenters. The van der Waals surface area contributed by atoms with Gasteiger partial charge in [-0.3, -0.25) is 15.3 Å². The minimum Gasteiger partial charge on any atom is -0.458 e. The van der Waals surface area contributed by atoms with E-state index in [1.165, 1.54) is 13.8 Å². The Bertz CT molecular complexity index is 1210. The molecule has 0 spiro atoms. The number of hydrogen-bond donors (Lipinski definition) is 3. The molecule has 3 aliphatic heterocycles. The van der Waals surface area contributed by atoms with Crippen molar-refractivity contribution in [3.63, 3.8) is 0 Å². The van der Waals surface area contributed by atoms with E-state index in [1.807, 2.05) is 27.9 Å². The molecule has 15 heteroatoms. The lowest BCUT2D eigenvalue weighted by Crippen LogP contribution is -2.59. The largest absolute Gasteiger partial charge is 0.458 e. The number of fused-ring (bicyclic) bond motifs is 1. The molecule has 3 aliphatic rings. The second-order valence-electron chi connectivity index (χ2n) is 14.3. The Morgan fingerprint density at radius 2 is 1.77 bits per heavy atom. The molecule has 0 saturated carbocycles. The molecular weight excluding hydrogens is 628 g/mol. The highest BCUT2D eigenvalue weighted by Gasteiger charge is 2.57. The summed E-state index contributed by atoms with van der Waals surface area (Å²) in [5.41, 5.74) is 3.29. The number of nitrogens with one attached hydrogen (secondary N) is 1. The Labute approximate surface area is 283 Å². The molecule has 0 aromatic carbocycles. The molecule has 1 amide bonds. The van der Waals surface area contributed by atoms with E-state index in [1.54, 1.807) is 34.6 Å². The normalized spacial score (nSPS) is 41.5. The average Bonchev–Trinajstić information content (AvgIpc) is 3.30. The molecule has 3 heterocycles. The van der Waals surface area contributed by atoms with E-state index in [9.17, 15) is 24.3 Å². The standard InChI is InChI=1S/C33H56N4O11/c1-12-23-33(9)27(35-31(42)47-33)18(4)25(36-48-21(7)38)16(2)15-32(8,46-30(34)41)28(19(5)26(39)20(6)29(40)44-23)45-24-14-22(37(10)11)13-17(3)43-24/h16-20,22-24,27-28,30,41H,12-15,34H2,1-11H3,(H,35,42)/b36-25+/t16-,17-,18+,19+,20-,22+,23-,24+,27-,28?,30?,32-,33-/m1/s1. The second kappa shape index (κ2) is 15.9. The SMILES string of the molecule is CC[C@H]1OC(=O)[C@H](C)C(=O)[C@H](C)C(O[C@H]2C[C@@H](N(C)C)C[C@@H](C)O2)[C@](C)(OC(N)O)C[C@@H](C)/C(=N\OC(C)=O)[C@H](C)[C@H]2NC(=O)O[C@@]21C. The number of rotatable bonds is 7. The summed E-state index contributed by atoms with van der Waals surface area (Å²) in [5, 5.41) is 17.5. The van der Waals surface area contributed by atoms with E-state index in [0.29, 0.717) is 12.1 Å². The van der Waals surface area contributed by atoms with Gasteiger partial charge in [-0.2, -0.15) is 0 Å². The predicted molar refractivity (Wildman–Crippen MR) is 173 cm³/mol. The minimum atomic E-state index is -1.78. The second-order valence-corrected chi connectivity index (χ2v) is 14.3. The first-order valence-electron chi connectivity index (χ1n) is 16.8. The van der Waals surface area contributed by atoms with Crippen molar-refractivity contribution in [3.05, 3.63) is 0 Å². The Morgan fingerprint density at radius 1 is 1.12 bits per heavy atom. The zero-order chi connectivity index (χ0) is 36.3. The van der Waals surface area contributed by atoms with Crippen LogP contribution in [0.25, 0.3) is 0 Å². The van der Waals surface area contributed by atoms with E-state index >= 15 is 0 Å². The Hall–Kier alpha value is -2.69. The van der Waals surface area contributed by atoms with Crippen LogP contribution in [0.3, 0.4) is 0 Å². The number of nitrogens with zero attached hydrogens (tertiary/aromatic N) is 2. The Morgan fingerprint density at radius 3 is 2.33 bits per heavy atom. The average molecular weight is 685 g/mol. The number of ether oxygens (including phenoxy) is 5. The molecule has 0 bridgehead atoms. The summed E-state index contributed by atoms with van der Waals surface area (Å²) in [7, 11) is 3.94. The van der Waals surface area contributed by atoms with Crippen LogP contribution in [-0.2, 0) is 42.9 Å². The van der Waals surface area contributed by atoms with Gasteiger partial charge < -0.3 is 43.8 Å². The molecule has 0 aliphatic carbocycles. The number of aliphatic hydroxyl groups is 1. The molecule has 2 unspecified atom stereocenters. The van der Waals surface area contributed by atoms with Crippen molar-refractivity contribution >= 4 is 29.5 Å². The predicted octanol–water partition coefficient (Wildman–Crippen LogP) is 2.46. The molecule has 3 rings (SSSR count). The van der Waals surface area contributed by atoms with Gasteiger partial charge in [0.15, 0.2) is 17.7 Å². The number of carbonyl (C=O) groups excluding carboxylic acids is 4. The zero-order valence-corrected chi connectivity index (χ0v) is 30.2. The first-order chi connectivity index (χ1) is 22.2. The van der Waals surface area contributed by atoms with Crippen molar-refractivity contribution in [1.82, 2.24) is 10.2 Å². The van der Waals surface area contributed by atoms with Crippen molar-refractivity contribution in [1.29, 1.82) is 0 Å². The summed E-state index contributed by atoms with van der Waals surface area (Å²) in [6.07, 6.45) is -3.91. The van der Waals surface area contributed by atoms with E-state index in [0.717, 1.165) is 6.42 Å². The highest BCUT2D eigenvalue weighted by atomic mass is 16.7. The fourth-order valence-corrected chi connectivity index (χ4v) is 7.62. The summed E-state index contributed by atoms with van der Waals surface area (Å²) >= 11 is 0. The van der Waals surface area contributed by atoms with Gasteiger partial charge in [-0.25, -0.2) is 9.59 Å². The van der Waals surface area contributed by atoms with Gasteiger partial charge in [-0.05, 0) is 61.1 Å². The fourth-order valence-electron chi connectivity index (χ4n) is 7.62. The summed E-state index contributed by atoms with van der Waals surface area (Å²) in [6, 6.07) is -0.678. The number of oxime groups is 1. The van der Waals surface area contributed by atoms with Crippen molar-refractivity contribution in [2.24, 2.45) is 34.6 Å². The summed E-state index contributed by atoms with van der Waals surface area (Å²) in [4.78, 5) is 59.8. The maximum Gasteiger partial charge on any atom is 0.408 e. The van der Waals surface area contributed by atoms with Crippen LogP contribution in [0.5, 0.6) is 0 Å². The zero-order valence-electron chi connectivity index (χ0n) is 30.2. The minimum absolute atomic E-state index is 0.0433. The number of hydrogen-bond acceptors (Lipinski definition) is 14. The van der Waals surface area contributed by atoms with Crippen LogP contribution in [0, 0.1) is 23.7 Å². The van der Waals surface area contributed by atoms with E-state index < -0.39 is 89.6 Å². The highest BCUT2D eigenvalue weighted by molar-refractivity contribution is 6.00. The fraction of sp³-hybridized carbons (Fsp3) is 0.848. The van der Waals surface area contributed by atoms with Gasteiger partial charge in [-0.1, -0.05) is 32.9 Å². The molecule has 15 nitrogen and oxygen atoms in total. The van der Waals surface area contributed by atoms with Gasteiger partial charge in [0.2, 0.25) is 6.41 Å². The van der Waals surface area contributed by atoms with E-state index in [2.05, 4.69) is 15.4 Å². The molecular formula is C33H56N4O11. The molecule has 4 N–H and O–H groups in total. The van der Waals surface area contributed by atoms with Crippen LogP contribution >= 0.6 is 0 Å². The lowest BCUT2D eigenvalue weighted by molar-refractivity contribution is -0.287. The number of ketones is 1. The molecule has 0 aromatic rings. The Balaban J connectivity index is 2.22. The van der Waals surface area contributed by atoms with Gasteiger partial charge in [0.05, 0.1) is 29.6 Å². The van der Waals surface area contributed by atoms with E-state index in [-0.39, 0.29) is 25.0 Å². The number of cyclic esters (lactones) is 1. The van der Waals surface area contributed by atoms with Crippen molar-refractivity contribution in [2.75, 3.05) is 14.1 Å². The smallest absolute Gasteiger partial charge is 0.408 e. The molecule has 0 aromatic heterocycles. The third-order valence-corrected chi connectivity index (χ3v) is 10.1. The topological polar surface area (TPSA) is 198 Å². The number of nitrogens with two attached hydrogens (primary N) is 1. The molecule has 48 heavy (non-hydrogen) atoms. The van der Waals surface area contributed by atoms with Crippen molar-refractivity contribution in [2.45, 2.75) is 142 Å². The summed E-state index contributed by atoms with van der Waals surface area (Å²) in [6.45, 7) is 14.9. The van der Waals surface area contributed by atoms with Crippen LogP contribution in [0.15, 0.2) is 5.16 Å². The Kier molecular flexibility index (Phi) is 13.2. The number of esters is 1. The third-order valence-electron chi connectivity index (χ3n) is 10.1. The lowest BCUT2D eigenvalue weighted by atomic mass is 9.73. The molecule has 0 radical (unpaired) electrons. The maximum absolute atomic E-state index is 14.2. The number of aliphatic hydroxyl groups excluding tert-OH is 1. The first kappa shape index (κ1) is 39.7.